The molecule has 3 rings (SSSR count). The van der Waals surface area contributed by atoms with Gasteiger partial charge in [-0.3, -0.25) is 0 Å². The van der Waals surface area contributed by atoms with Crippen molar-refractivity contribution >= 4 is 11.6 Å². The van der Waals surface area contributed by atoms with E-state index >= 15 is 0 Å². The molecule has 1 heterocycles. The number of rotatable bonds is 6. The van der Waals surface area contributed by atoms with Gasteiger partial charge < -0.3 is 10.6 Å². The Kier molecular flexibility index (Phi) is 5.73. The first kappa shape index (κ1) is 18.7. The van der Waals surface area contributed by atoms with E-state index in [1.807, 2.05) is 12.1 Å². The van der Waals surface area contributed by atoms with Crippen LogP contribution in [0, 0.1) is 34.3 Å². The number of anilines is 2. The van der Waals surface area contributed by atoms with Crippen molar-refractivity contribution in [1.82, 2.24) is 9.97 Å². The van der Waals surface area contributed by atoms with Crippen LogP contribution >= 0.6 is 0 Å². The van der Waals surface area contributed by atoms with Crippen LogP contribution in [-0.2, 0) is 13.1 Å². The number of nitrogens with zero attached hydrogens (tertiary/aromatic N) is 4. The van der Waals surface area contributed by atoms with E-state index in [-0.39, 0.29) is 36.1 Å². The minimum Gasteiger partial charge on any atom is -0.363 e. The Morgan fingerprint density at radius 2 is 1.11 bits per heavy atom. The van der Waals surface area contributed by atoms with Gasteiger partial charge in [0.15, 0.2) is 23.0 Å². The quantitative estimate of drug-likeness (QED) is 0.680. The second-order valence-electron chi connectivity index (χ2n) is 5.73. The van der Waals surface area contributed by atoms with Gasteiger partial charge >= 0.3 is 0 Å². The van der Waals surface area contributed by atoms with Gasteiger partial charge in [0.1, 0.15) is 23.8 Å². The normalized spacial score (nSPS) is 10.0. The summed E-state index contributed by atoms with van der Waals surface area (Å²) in [6.45, 7) is 0.180. The molecule has 1 aromatic heterocycles. The second-order valence-corrected chi connectivity index (χ2v) is 5.73. The fourth-order valence-corrected chi connectivity index (χ4v) is 2.48. The Labute approximate surface area is 160 Å². The van der Waals surface area contributed by atoms with Gasteiger partial charge in [-0.25, -0.2) is 18.7 Å². The van der Waals surface area contributed by atoms with Crippen molar-refractivity contribution in [3.05, 3.63) is 82.7 Å². The highest BCUT2D eigenvalue weighted by molar-refractivity contribution is 5.62. The summed E-state index contributed by atoms with van der Waals surface area (Å²) in [7, 11) is 0. The zero-order valence-electron chi connectivity index (χ0n) is 14.6. The van der Waals surface area contributed by atoms with E-state index in [9.17, 15) is 19.3 Å². The summed E-state index contributed by atoms with van der Waals surface area (Å²) in [6, 6.07) is 16.1. The minimum absolute atomic E-state index is 0.0898. The predicted octanol–water partition coefficient (Wildman–Crippen LogP) is 3.72. The average Bonchev–Trinajstić information content (AvgIpc) is 2.72. The number of halogens is 2. The molecule has 0 aliphatic rings. The van der Waals surface area contributed by atoms with Crippen LogP contribution < -0.4 is 10.6 Å². The largest absolute Gasteiger partial charge is 0.363 e. The van der Waals surface area contributed by atoms with E-state index in [2.05, 4.69) is 20.6 Å². The van der Waals surface area contributed by atoms with Crippen LogP contribution in [0.3, 0.4) is 0 Å². The van der Waals surface area contributed by atoms with E-state index in [0.717, 1.165) is 0 Å². The fraction of sp³-hybridized carbons (Fsp3) is 0.100. The first-order chi connectivity index (χ1) is 13.6. The smallest absolute Gasteiger partial charge is 0.179 e. The summed E-state index contributed by atoms with van der Waals surface area (Å²) >= 11 is 0. The monoisotopic (exact) mass is 376 g/mol. The molecule has 8 heteroatoms. The molecule has 0 radical (unpaired) electrons. The van der Waals surface area contributed by atoms with E-state index in [1.54, 1.807) is 36.4 Å². The lowest BCUT2D eigenvalue weighted by Gasteiger charge is -2.13. The Bertz CT molecular complexity index is 998. The molecule has 3 aromatic rings. The lowest BCUT2D eigenvalue weighted by atomic mass is 10.2. The summed E-state index contributed by atoms with van der Waals surface area (Å²) in [6.07, 6.45) is 0. The molecule has 0 aliphatic carbocycles. The topological polar surface area (TPSA) is 97.4 Å². The molecule has 0 atom stereocenters. The minimum atomic E-state index is -0.391. The number of benzene rings is 2. The zero-order chi connectivity index (χ0) is 19.9. The summed E-state index contributed by atoms with van der Waals surface area (Å²) in [4.78, 5) is 8.21. The van der Waals surface area contributed by atoms with E-state index < -0.39 is 11.6 Å². The summed E-state index contributed by atoms with van der Waals surface area (Å²) in [5.74, 6) is -0.457. The molecule has 0 unspecified atom stereocenters. The maximum atomic E-state index is 13.8. The van der Waals surface area contributed by atoms with Crippen molar-refractivity contribution in [1.29, 1.82) is 10.5 Å². The maximum absolute atomic E-state index is 13.8. The van der Waals surface area contributed by atoms with Gasteiger partial charge in [0.05, 0.1) is 0 Å². The van der Waals surface area contributed by atoms with Crippen LogP contribution in [0.5, 0.6) is 0 Å². The van der Waals surface area contributed by atoms with Crippen LogP contribution in [0.4, 0.5) is 20.4 Å². The van der Waals surface area contributed by atoms with Gasteiger partial charge in [-0.05, 0) is 12.1 Å². The lowest BCUT2D eigenvalue weighted by molar-refractivity contribution is 0.612. The first-order valence-electron chi connectivity index (χ1n) is 8.29. The third-order valence-electron chi connectivity index (χ3n) is 3.92. The lowest BCUT2D eigenvalue weighted by Crippen LogP contribution is -2.12. The van der Waals surface area contributed by atoms with Crippen LogP contribution in [0.2, 0.25) is 0 Å². The van der Waals surface area contributed by atoms with Crippen LogP contribution in [0.25, 0.3) is 0 Å². The van der Waals surface area contributed by atoms with Crippen molar-refractivity contribution in [3.63, 3.8) is 0 Å². The number of nitriles is 2. The molecule has 0 amide bonds. The standard InChI is InChI=1S/C20H14F2N6/c21-15-7-3-1-5-13(15)11-25-19-20(28-18(10-24)17(9-23)27-19)26-12-14-6-2-4-8-16(14)22/h1-8H,11-12H2,(H,25,27)(H,26,28). The summed E-state index contributed by atoms with van der Waals surface area (Å²) in [5, 5.41) is 24.2. The Balaban J connectivity index is 1.88. The Morgan fingerprint density at radius 3 is 1.46 bits per heavy atom. The molecule has 0 bridgehead atoms. The molecule has 138 valence electrons. The molecule has 28 heavy (non-hydrogen) atoms. The van der Waals surface area contributed by atoms with Gasteiger partial charge in [-0.1, -0.05) is 36.4 Å². The first-order valence-corrected chi connectivity index (χ1v) is 8.29. The van der Waals surface area contributed by atoms with E-state index in [1.165, 1.54) is 12.1 Å². The molecule has 0 aliphatic heterocycles. The van der Waals surface area contributed by atoms with Gasteiger partial charge in [-0.15, -0.1) is 0 Å². The highest BCUT2D eigenvalue weighted by Gasteiger charge is 2.14. The Morgan fingerprint density at radius 1 is 0.714 bits per heavy atom. The van der Waals surface area contributed by atoms with Crippen molar-refractivity contribution in [2.24, 2.45) is 0 Å². The van der Waals surface area contributed by atoms with E-state index in [0.29, 0.717) is 11.1 Å². The van der Waals surface area contributed by atoms with Gasteiger partial charge in [0.2, 0.25) is 0 Å². The number of nitrogens with one attached hydrogen (secondary N) is 2. The van der Waals surface area contributed by atoms with Crippen molar-refractivity contribution in [3.8, 4) is 12.1 Å². The van der Waals surface area contributed by atoms with Crippen LogP contribution in [0.15, 0.2) is 48.5 Å². The van der Waals surface area contributed by atoms with Crippen molar-refractivity contribution < 1.29 is 8.78 Å². The van der Waals surface area contributed by atoms with Gasteiger partial charge in [0.25, 0.3) is 0 Å². The molecule has 0 spiro atoms. The summed E-state index contributed by atoms with van der Waals surface area (Å²) in [5.41, 5.74) is 0.476. The third kappa shape index (κ3) is 4.19. The van der Waals surface area contributed by atoms with Crippen molar-refractivity contribution in [2.45, 2.75) is 13.1 Å². The zero-order valence-corrected chi connectivity index (χ0v) is 14.6. The predicted molar refractivity (Wildman–Crippen MR) is 98.9 cm³/mol. The molecular weight excluding hydrogens is 362 g/mol. The molecule has 2 aromatic carbocycles. The number of aromatic nitrogens is 2. The number of hydrogen-bond donors (Lipinski definition) is 2. The van der Waals surface area contributed by atoms with Crippen LogP contribution in [-0.4, -0.2) is 9.97 Å². The maximum Gasteiger partial charge on any atom is 0.179 e. The SMILES string of the molecule is N#Cc1nc(NCc2ccccc2F)c(NCc2ccccc2F)nc1C#N. The van der Waals surface area contributed by atoms with Gasteiger partial charge in [-0.2, -0.15) is 10.5 Å². The van der Waals surface area contributed by atoms with E-state index in [4.69, 9.17) is 0 Å². The average molecular weight is 376 g/mol. The highest BCUT2D eigenvalue weighted by Crippen LogP contribution is 2.21. The van der Waals surface area contributed by atoms with Crippen LogP contribution in [0.1, 0.15) is 22.5 Å². The highest BCUT2D eigenvalue weighted by atomic mass is 19.1. The number of hydrogen-bond acceptors (Lipinski definition) is 6. The third-order valence-corrected chi connectivity index (χ3v) is 3.92. The Hall–Kier alpha value is -4.04. The van der Waals surface area contributed by atoms with Gasteiger partial charge in [0, 0.05) is 24.2 Å². The molecule has 6 nitrogen and oxygen atoms in total. The second kappa shape index (κ2) is 8.56. The molecule has 0 fully saturated rings. The molecule has 2 N–H and O–H groups in total. The molecule has 0 saturated heterocycles. The van der Waals surface area contributed by atoms with Crippen molar-refractivity contribution in [2.75, 3.05) is 10.6 Å². The molecule has 0 saturated carbocycles. The molecular formula is C20H14F2N6. The summed E-state index contributed by atoms with van der Waals surface area (Å²) < 4.78 is 27.7. The fourth-order valence-electron chi connectivity index (χ4n) is 2.48.